The van der Waals surface area contributed by atoms with Gasteiger partial charge in [0.1, 0.15) is 5.82 Å². The number of amides is 1. The van der Waals surface area contributed by atoms with E-state index >= 15 is 0 Å². The van der Waals surface area contributed by atoms with Crippen molar-refractivity contribution in [2.45, 2.75) is 18.6 Å². The number of anilines is 1. The number of hydrogen-bond donors (Lipinski definition) is 0. The molecule has 3 saturated heterocycles. The van der Waals surface area contributed by atoms with Crippen molar-refractivity contribution < 1.29 is 18.7 Å². The van der Waals surface area contributed by atoms with Gasteiger partial charge in [-0.05, 0) is 24.3 Å². The topological polar surface area (TPSA) is 45.3 Å². The van der Waals surface area contributed by atoms with E-state index in [9.17, 15) is 9.18 Å². The number of carbonyl (C=O) groups excluding carboxylic acids is 1. The fraction of sp³-hybridized carbons (Fsp3) is 0.632. The molecule has 1 amide bonds. The first-order valence-electron chi connectivity index (χ1n) is 9.42. The second-order valence-corrected chi connectivity index (χ2v) is 7.23. The summed E-state index contributed by atoms with van der Waals surface area (Å²) in [6.07, 6.45) is 1.66. The zero-order chi connectivity index (χ0) is 18.0. The highest BCUT2D eigenvalue weighted by atomic mass is 19.1. The molecule has 3 fully saturated rings. The Labute approximate surface area is 153 Å². The molecule has 1 aromatic carbocycles. The molecule has 6 nitrogen and oxygen atoms in total. The molecule has 142 valence electrons. The summed E-state index contributed by atoms with van der Waals surface area (Å²) in [5.41, 5.74) is 1.01. The Morgan fingerprint density at radius 2 is 1.58 bits per heavy atom. The number of piperazine rings is 1. The Morgan fingerprint density at radius 3 is 2.19 bits per heavy atom. The maximum atomic E-state index is 13.0. The lowest BCUT2D eigenvalue weighted by molar-refractivity contribution is -0.186. The molecule has 26 heavy (non-hydrogen) atoms. The highest BCUT2D eigenvalue weighted by Gasteiger charge is 2.40. The van der Waals surface area contributed by atoms with E-state index in [0.717, 1.165) is 44.7 Å². The summed E-state index contributed by atoms with van der Waals surface area (Å²) < 4.78 is 24.5. The SMILES string of the molecule is O=C(CN1CCC2(CC1)OCCO2)N1CCN(c2ccc(F)cc2)CC1. The Balaban J connectivity index is 1.23. The molecular weight excluding hydrogens is 337 g/mol. The number of carbonyl (C=O) groups is 1. The number of piperidine rings is 1. The molecule has 4 rings (SSSR count). The first-order valence-corrected chi connectivity index (χ1v) is 9.42. The predicted octanol–water partition coefficient (Wildman–Crippen LogP) is 1.31. The van der Waals surface area contributed by atoms with Gasteiger partial charge in [-0.2, -0.15) is 0 Å². The second kappa shape index (κ2) is 7.50. The average Bonchev–Trinajstić information content (AvgIpc) is 3.13. The van der Waals surface area contributed by atoms with Gasteiger partial charge in [0.15, 0.2) is 5.79 Å². The van der Waals surface area contributed by atoms with Crippen LogP contribution in [0.2, 0.25) is 0 Å². The zero-order valence-electron chi connectivity index (χ0n) is 15.0. The van der Waals surface area contributed by atoms with Crippen molar-refractivity contribution in [3.05, 3.63) is 30.1 Å². The molecule has 1 spiro atoms. The standard InChI is InChI=1S/C19H26FN3O3/c20-16-1-3-17(4-2-16)22-9-11-23(12-10-22)18(24)15-21-7-5-19(6-8-21)25-13-14-26-19/h1-4H,5-15H2. The Kier molecular flexibility index (Phi) is 5.11. The Bertz CT molecular complexity index is 615. The van der Waals surface area contributed by atoms with Gasteiger partial charge in [-0.15, -0.1) is 0 Å². The molecule has 3 aliphatic heterocycles. The highest BCUT2D eigenvalue weighted by Crippen LogP contribution is 2.31. The number of benzene rings is 1. The van der Waals surface area contributed by atoms with Crippen LogP contribution < -0.4 is 4.90 Å². The van der Waals surface area contributed by atoms with Gasteiger partial charge in [0, 0.05) is 57.8 Å². The summed E-state index contributed by atoms with van der Waals surface area (Å²) in [4.78, 5) is 19.0. The highest BCUT2D eigenvalue weighted by molar-refractivity contribution is 5.78. The van der Waals surface area contributed by atoms with E-state index in [1.54, 1.807) is 12.1 Å². The largest absolute Gasteiger partial charge is 0.368 e. The van der Waals surface area contributed by atoms with Gasteiger partial charge in [0.2, 0.25) is 5.91 Å². The van der Waals surface area contributed by atoms with Crippen LogP contribution in [0.5, 0.6) is 0 Å². The van der Waals surface area contributed by atoms with Crippen LogP contribution >= 0.6 is 0 Å². The third kappa shape index (κ3) is 3.84. The van der Waals surface area contributed by atoms with E-state index in [1.165, 1.54) is 12.1 Å². The summed E-state index contributed by atoms with van der Waals surface area (Å²) in [7, 11) is 0. The normalized spacial score (nSPS) is 23.6. The van der Waals surface area contributed by atoms with Crippen molar-refractivity contribution in [2.24, 2.45) is 0 Å². The van der Waals surface area contributed by atoms with Crippen molar-refractivity contribution in [3.8, 4) is 0 Å². The van der Waals surface area contributed by atoms with Crippen LogP contribution in [-0.2, 0) is 14.3 Å². The monoisotopic (exact) mass is 363 g/mol. The van der Waals surface area contributed by atoms with Gasteiger partial charge >= 0.3 is 0 Å². The Morgan fingerprint density at radius 1 is 0.962 bits per heavy atom. The molecule has 0 atom stereocenters. The van der Waals surface area contributed by atoms with Crippen LogP contribution in [0, 0.1) is 5.82 Å². The third-order valence-corrected chi connectivity index (χ3v) is 5.61. The molecule has 0 N–H and O–H groups in total. The van der Waals surface area contributed by atoms with E-state index in [0.29, 0.717) is 32.8 Å². The molecule has 0 saturated carbocycles. The Hall–Kier alpha value is -1.70. The minimum atomic E-state index is -0.389. The van der Waals surface area contributed by atoms with Crippen molar-refractivity contribution >= 4 is 11.6 Å². The summed E-state index contributed by atoms with van der Waals surface area (Å²) >= 11 is 0. The smallest absolute Gasteiger partial charge is 0.236 e. The van der Waals surface area contributed by atoms with E-state index < -0.39 is 0 Å². The molecule has 0 bridgehead atoms. The van der Waals surface area contributed by atoms with Crippen LogP contribution in [0.4, 0.5) is 10.1 Å². The lowest BCUT2D eigenvalue weighted by Gasteiger charge is -2.39. The molecule has 3 aliphatic rings. The minimum absolute atomic E-state index is 0.188. The quantitative estimate of drug-likeness (QED) is 0.810. The van der Waals surface area contributed by atoms with Crippen molar-refractivity contribution in [2.75, 3.05) is 63.9 Å². The first kappa shape index (κ1) is 17.7. The van der Waals surface area contributed by atoms with Gasteiger partial charge in [-0.25, -0.2) is 4.39 Å². The van der Waals surface area contributed by atoms with Crippen LogP contribution in [0.3, 0.4) is 0 Å². The molecule has 0 radical (unpaired) electrons. The summed E-state index contributed by atoms with van der Waals surface area (Å²) in [6.45, 7) is 6.47. The van der Waals surface area contributed by atoms with Gasteiger partial charge in [-0.1, -0.05) is 0 Å². The fourth-order valence-corrected chi connectivity index (χ4v) is 3.99. The van der Waals surface area contributed by atoms with Crippen LogP contribution in [0.1, 0.15) is 12.8 Å². The summed E-state index contributed by atoms with van der Waals surface area (Å²) in [6, 6.07) is 6.55. The number of hydrogen-bond acceptors (Lipinski definition) is 5. The van der Waals surface area contributed by atoms with Crippen molar-refractivity contribution in [1.29, 1.82) is 0 Å². The van der Waals surface area contributed by atoms with Gasteiger partial charge in [-0.3, -0.25) is 9.69 Å². The predicted molar refractivity (Wildman–Crippen MR) is 95.5 cm³/mol. The van der Waals surface area contributed by atoms with E-state index in [-0.39, 0.29) is 17.5 Å². The van der Waals surface area contributed by atoms with E-state index in [4.69, 9.17) is 9.47 Å². The number of ether oxygens (including phenoxy) is 2. The molecular formula is C19H26FN3O3. The van der Waals surface area contributed by atoms with Crippen molar-refractivity contribution in [1.82, 2.24) is 9.80 Å². The van der Waals surface area contributed by atoms with Gasteiger partial charge < -0.3 is 19.3 Å². The van der Waals surface area contributed by atoms with Crippen LogP contribution in [0.25, 0.3) is 0 Å². The second-order valence-electron chi connectivity index (χ2n) is 7.23. The fourth-order valence-electron chi connectivity index (χ4n) is 3.99. The number of nitrogens with zero attached hydrogens (tertiary/aromatic N) is 3. The van der Waals surface area contributed by atoms with E-state index in [2.05, 4.69) is 9.80 Å². The maximum Gasteiger partial charge on any atom is 0.236 e. The van der Waals surface area contributed by atoms with Crippen LogP contribution in [0.15, 0.2) is 24.3 Å². The minimum Gasteiger partial charge on any atom is -0.368 e. The molecule has 0 aliphatic carbocycles. The lowest BCUT2D eigenvalue weighted by Crippen LogP contribution is -2.53. The first-order chi connectivity index (χ1) is 12.6. The van der Waals surface area contributed by atoms with Gasteiger partial charge in [0.25, 0.3) is 0 Å². The van der Waals surface area contributed by atoms with Gasteiger partial charge in [0.05, 0.1) is 19.8 Å². The number of halogens is 1. The molecule has 0 aromatic heterocycles. The summed E-state index contributed by atoms with van der Waals surface area (Å²) in [5.74, 6) is -0.424. The molecule has 0 unspecified atom stereocenters. The lowest BCUT2D eigenvalue weighted by atomic mass is 10.0. The maximum absolute atomic E-state index is 13.0. The average molecular weight is 363 g/mol. The van der Waals surface area contributed by atoms with Crippen LogP contribution in [-0.4, -0.2) is 80.5 Å². The summed E-state index contributed by atoms with van der Waals surface area (Å²) in [5, 5.41) is 0. The van der Waals surface area contributed by atoms with E-state index in [1.807, 2.05) is 4.90 Å². The number of likely N-dealkylation sites (tertiary alicyclic amines) is 1. The van der Waals surface area contributed by atoms with Crippen molar-refractivity contribution in [3.63, 3.8) is 0 Å². The third-order valence-electron chi connectivity index (χ3n) is 5.61. The number of rotatable bonds is 3. The molecule has 3 heterocycles. The molecule has 1 aromatic rings. The molecule has 7 heteroatoms. The zero-order valence-corrected chi connectivity index (χ0v) is 15.0.